The monoisotopic (exact) mass is 292 g/mol. The average Bonchev–Trinajstić information content (AvgIpc) is 3.21. The van der Waals surface area contributed by atoms with E-state index in [4.69, 9.17) is 18.9 Å². The Bertz CT molecular complexity index is 457. The molecule has 1 fully saturated rings. The van der Waals surface area contributed by atoms with Gasteiger partial charge in [0.15, 0.2) is 6.10 Å². The van der Waals surface area contributed by atoms with Gasteiger partial charge in [-0.1, -0.05) is 0 Å². The van der Waals surface area contributed by atoms with E-state index in [1.54, 1.807) is 0 Å². The fourth-order valence-corrected chi connectivity index (χ4v) is 1.77. The van der Waals surface area contributed by atoms with Gasteiger partial charge in [0.25, 0.3) is 0 Å². The fourth-order valence-electron chi connectivity index (χ4n) is 1.77. The average molecular weight is 292 g/mol. The quantitative estimate of drug-likeness (QED) is 0.756. The highest BCUT2D eigenvalue weighted by molar-refractivity contribution is 5.42. The first-order valence-electron chi connectivity index (χ1n) is 5.97. The molecule has 20 heavy (non-hydrogen) atoms. The topological polar surface area (TPSA) is 40.2 Å². The normalized spacial score (nSPS) is 19.6. The second-order valence-corrected chi connectivity index (χ2v) is 4.32. The largest absolute Gasteiger partial charge is 0.497 e. The van der Waals surface area contributed by atoms with Crippen molar-refractivity contribution in [3.8, 4) is 11.5 Å². The molecule has 0 aromatic heterocycles. The Kier molecular flexibility index (Phi) is 4.39. The van der Waals surface area contributed by atoms with Crippen molar-refractivity contribution in [2.75, 3.05) is 27.4 Å². The molecule has 0 N–H and O–H groups in total. The fraction of sp³-hybridized carbons (Fsp3) is 0.538. The number of methoxy groups -OCH3 is 2. The lowest BCUT2D eigenvalue weighted by Crippen LogP contribution is -2.25. The Hall–Kier alpha value is -1.47. The molecule has 0 bridgehead atoms. The van der Waals surface area contributed by atoms with Crippen molar-refractivity contribution < 1.29 is 32.1 Å². The second kappa shape index (κ2) is 5.88. The molecule has 4 nitrogen and oxygen atoms in total. The van der Waals surface area contributed by atoms with E-state index in [-0.39, 0.29) is 24.0 Å². The van der Waals surface area contributed by atoms with Crippen LogP contribution in [-0.4, -0.2) is 39.7 Å². The number of hydrogen-bond acceptors (Lipinski definition) is 4. The highest BCUT2D eigenvalue weighted by Crippen LogP contribution is 2.41. The highest BCUT2D eigenvalue weighted by atomic mass is 19.4. The van der Waals surface area contributed by atoms with Crippen molar-refractivity contribution >= 4 is 0 Å². The molecular weight excluding hydrogens is 277 g/mol. The standard InChI is InChI=1S/C13H15F3O4/c1-17-8-3-4-11(18-2)10(5-8)12(13(14,15)16)20-7-9-6-19-9/h3-5,9,12H,6-7H2,1-2H3/t9-,12+/m1/s1. The van der Waals surface area contributed by atoms with E-state index >= 15 is 0 Å². The summed E-state index contributed by atoms with van der Waals surface area (Å²) < 4.78 is 59.3. The van der Waals surface area contributed by atoms with Crippen molar-refractivity contribution in [1.82, 2.24) is 0 Å². The molecule has 1 aromatic carbocycles. The SMILES string of the molecule is COc1ccc(OC)c([C@H](OC[C@H]2CO2)C(F)(F)F)c1. The molecule has 1 heterocycles. The maximum atomic E-state index is 13.2. The molecule has 0 aliphatic carbocycles. The van der Waals surface area contributed by atoms with E-state index in [1.807, 2.05) is 0 Å². The predicted octanol–water partition coefficient (Wildman–Crippen LogP) is 2.72. The van der Waals surface area contributed by atoms with Crippen molar-refractivity contribution in [2.24, 2.45) is 0 Å². The summed E-state index contributed by atoms with van der Waals surface area (Å²) in [6.07, 6.45) is -6.87. The zero-order valence-corrected chi connectivity index (χ0v) is 11.1. The number of benzene rings is 1. The van der Waals surface area contributed by atoms with Gasteiger partial charge >= 0.3 is 6.18 Å². The smallest absolute Gasteiger partial charge is 0.419 e. The zero-order valence-electron chi connectivity index (χ0n) is 11.1. The second-order valence-electron chi connectivity index (χ2n) is 4.32. The van der Waals surface area contributed by atoms with E-state index in [9.17, 15) is 13.2 Å². The van der Waals surface area contributed by atoms with Gasteiger partial charge < -0.3 is 18.9 Å². The Labute approximate surface area is 114 Å². The van der Waals surface area contributed by atoms with Crippen LogP contribution in [0.5, 0.6) is 11.5 Å². The van der Waals surface area contributed by atoms with E-state index in [0.717, 1.165) is 0 Å². The van der Waals surface area contributed by atoms with Gasteiger partial charge in [-0.3, -0.25) is 0 Å². The zero-order chi connectivity index (χ0) is 14.8. The molecule has 0 unspecified atom stereocenters. The maximum Gasteiger partial charge on any atom is 0.419 e. The van der Waals surface area contributed by atoms with Crippen LogP contribution in [0.3, 0.4) is 0 Å². The number of hydrogen-bond donors (Lipinski definition) is 0. The molecule has 112 valence electrons. The number of epoxide rings is 1. The summed E-state index contributed by atoms with van der Waals surface area (Å²) in [4.78, 5) is 0. The first kappa shape index (κ1) is 14.9. The lowest BCUT2D eigenvalue weighted by Gasteiger charge is -2.23. The minimum absolute atomic E-state index is 0.102. The summed E-state index contributed by atoms with van der Waals surface area (Å²) in [5.74, 6) is 0.408. The molecule has 1 aromatic rings. The van der Waals surface area contributed by atoms with Crippen LogP contribution in [-0.2, 0) is 9.47 Å². The summed E-state index contributed by atoms with van der Waals surface area (Å²) in [5.41, 5.74) is -0.111. The van der Waals surface area contributed by atoms with Crippen molar-refractivity contribution in [3.63, 3.8) is 0 Å². The Morgan fingerprint density at radius 2 is 2.00 bits per heavy atom. The molecule has 1 aliphatic heterocycles. The van der Waals surface area contributed by atoms with Gasteiger partial charge in [0, 0.05) is 5.56 Å². The van der Waals surface area contributed by atoms with Crippen molar-refractivity contribution in [2.45, 2.75) is 18.4 Å². The van der Waals surface area contributed by atoms with Gasteiger partial charge in [0.2, 0.25) is 0 Å². The van der Waals surface area contributed by atoms with Crippen molar-refractivity contribution in [1.29, 1.82) is 0 Å². The van der Waals surface area contributed by atoms with Crippen LogP contribution in [0.25, 0.3) is 0 Å². The van der Waals surface area contributed by atoms with E-state index < -0.39 is 12.3 Å². The van der Waals surface area contributed by atoms with Crippen LogP contribution in [0.2, 0.25) is 0 Å². The lowest BCUT2D eigenvalue weighted by atomic mass is 10.1. The molecule has 0 amide bonds. The molecule has 0 spiro atoms. The van der Waals surface area contributed by atoms with Gasteiger partial charge in [-0.15, -0.1) is 0 Å². The Balaban J connectivity index is 2.29. The lowest BCUT2D eigenvalue weighted by molar-refractivity contribution is -0.225. The van der Waals surface area contributed by atoms with Gasteiger partial charge in [0.05, 0.1) is 27.4 Å². The first-order chi connectivity index (χ1) is 9.45. The summed E-state index contributed by atoms with van der Waals surface area (Å²) in [6, 6.07) is 4.22. The first-order valence-corrected chi connectivity index (χ1v) is 5.97. The van der Waals surface area contributed by atoms with Gasteiger partial charge in [-0.2, -0.15) is 13.2 Å². The minimum atomic E-state index is -4.55. The van der Waals surface area contributed by atoms with Crippen LogP contribution in [0.15, 0.2) is 18.2 Å². The molecule has 1 aliphatic rings. The van der Waals surface area contributed by atoms with Crippen LogP contribution in [0, 0.1) is 0 Å². The maximum absolute atomic E-state index is 13.2. The summed E-state index contributed by atoms with van der Waals surface area (Å²) in [5, 5.41) is 0. The van der Waals surface area contributed by atoms with Crippen molar-refractivity contribution in [3.05, 3.63) is 23.8 Å². The van der Waals surface area contributed by atoms with Gasteiger partial charge in [0.1, 0.15) is 17.6 Å². The third-order valence-electron chi connectivity index (χ3n) is 2.87. The summed E-state index contributed by atoms with van der Waals surface area (Å²) in [7, 11) is 2.69. The number of rotatable bonds is 6. The minimum Gasteiger partial charge on any atom is -0.497 e. The number of halogens is 3. The third kappa shape index (κ3) is 3.55. The molecule has 0 saturated carbocycles. The highest BCUT2D eigenvalue weighted by Gasteiger charge is 2.44. The van der Waals surface area contributed by atoms with E-state index in [2.05, 4.69) is 0 Å². The van der Waals surface area contributed by atoms with Crippen LogP contribution >= 0.6 is 0 Å². The van der Waals surface area contributed by atoms with Crippen LogP contribution in [0.1, 0.15) is 11.7 Å². The Morgan fingerprint density at radius 1 is 1.30 bits per heavy atom. The predicted molar refractivity (Wildman–Crippen MR) is 64.0 cm³/mol. The molecule has 2 atom stereocenters. The number of ether oxygens (including phenoxy) is 4. The van der Waals surface area contributed by atoms with Gasteiger partial charge in [-0.25, -0.2) is 0 Å². The molecule has 7 heteroatoms. The Morgan fingerprint density at radius 3 is 2.50 bits per heavy atom. The number of alkyl halides is 3. The third-order valence-corrected chi connectivity index (χ3v) is 2.87. The van der Waals surface area contributed by atoms with E-state index in [0.29, 0.717) is 12.4 Å². The summed E-state index contributed by atoms with van der Waals surface area (Å²) in [6.45, 7) is 0.324. The van der Waals surface area contributed by atoms with Gasteiger partial charge in [-0.05, 0) is 18.2 Å². The molecule has 1 saturated heterocycles. The molecule has 0 radical (unpaired) electrons. The van der Waals surface area contributed by atoms with Crippen LogP contribution < -0.4 is 9.47 Å². The summed E-state index contributed by atoms with van der Waals surface area (Å²) >= 11 is 0. The van der Waals surface area contributed by atoms with Crippen LogP contribution in [0.4, 0.5) is 13.2 Å². The molecule has 2 rings (SSSR count). The molecular formula is C13H15F3O4. The van der Waals surface area contributed by atoms with E-state index in [1.165, 1.54) is 32.4 Å².